The fourth-order valence-electron chi connectivity index (χ4n) is 3.38. The van der Waals surface area contributed by atoms with Crippen molar-refractivity contribution in [2.24, 2.45) is 5.73 Å². The summed E-state index contributed by atoms with van der Waals surface area (Å²) in [7, 11) is 0. The Morgan fingerprint density at radius 2 is 1.69 bits per heavy atom. The predicted octanol–water partition coefficient (Wildman–Crippen LogP) is -0.880. The van der Waals surface area contributed by atoms with E-state index in [2.05, 4.69) is 0 Å². The standard InChI is InChI=1S/C17H20N4O5/c18-14(22)10-19-5-7-20(8-6-19)13-9-15(23)21(16(13)24)12-3-1-11(2-4-12)17(25)26/h1-4,13H,5-10H2,(H2,18,22)(H,25,26)/t13-/m1/s1. The molecule has 1 aromatic carbocycles. The number of carboxylic acid groups (broad SMARTS) is 1. The minimum atomic E-state index is -1.07. The summed E-state index contributed by atoms with van der Waals surface area (Å²) in [6.45, 7) is 2.54. The van der Waals surface area contributed by atoms with Crippen LogP contribution >= 0.6 is 0 Å². The topological polar surface area (TPSA) is 124 Å². The lowest BCUT2D eigenvalue weighted by Crippen LogP contribution is -2.53. The minimum absolute atomic E-state index is 0.0926. The molecule has 0 aliphatic carbocycles. The Bertz CT molecular complexity index is 740. The molecule has 3 amide bonds. The highest BCUT2D eigenvalue weighted by Gasteiger charge is 2.43. The lowest BCUT2D eigenvalue weighted by Gasteiger charge is -2.36. The van der Waals surface area contributed by atoms with E-state index in [9.17, 15) is 19.2 Å². The molecule has 2 aliphatic rings. The van der Waals surface area contributed by atoms with Gasteiger partial charge in [-0.3, -0.25) is 24.2 Å². The summed E-state index contributed by atoms with van der Waals surface area (Å²) in [6, 6.07) is 5.14. The predicted molar refractivity (Wildman–Crippen MR) is 91.5 cm³/mol. The number of nitrogens with two attached hydrogens (primary N) is 1. The van der Waals surface area contributed by atoms with Crippen LogP contribution in [0.3, 0.4) is 0 Å². The molecule has 9 nitrogen and oxygen atoms in total. The van der Waals surface area contributed by atoms with Gasteiger partial charge in [-0.1, -0.05) is 0 Å². The summed E-state index contributed by atoms with van der Waals surface area (Å²) in [5.41, 5.74) is 5.66. The molecule has 2 heterocycles. The number of hydrogen-bond acceptors (Lipinski definition) is 6. The lowest BCUT2D eigenvalue weighted by atomic mass is 10.1. The number of imide groups is 1. The Labute approximate surface area is 149 Å². The molecule has 0 unspecified atom stereocenters. The number of nitrogens with zero attached hydrogens (tertiary/aromatic N) is 3. The molecule has 9 heteroatoms. The second-order valence-corrected chi connectivity index (χ2v) is 6.42. The molecule has 3 N–H and O–H groups in total. The summed E-state index contributed by atoms with van der Waals surface area (Å²) in [4.78, 5) is 52.0. The van der Waals surface area contributed by atoms with Crippen LogP contribution in [0.2, 0.25) is 0 Å². The highest BCUT2D eigenvalue weighted by atomic mass is 16.4. The van der Waals surface area contributed by atoms with Crippen molar-refractivity contribution >= 4 is 29.4 Å². The van der Waals surface area contributed by atoms with Gasteiger partial charge < -0.3 is 10.8 Å². The van der Waals surface area contributed by atoms with Gasteiger partial charge in [0.05, 0.1) is 30.3 Å². The molecule has 0 spiro atoms. The largest absolute Gasteiger partial charge is 0.478 e. The molecule has 0 radical (unpaired) electrons. The Kier molecular flexibility index (Phi) is 5.01. The first kappa shape index (κ1) is 18.0. The van der Waals surface area contributed by atoms with E-state index in [1.54, 1.807) is 0 Å². The number of primary amides is 1. The molecule has 138 valence electrons. The highest BCUT2D eigenvalue weighted by Crippen LogP contribution is 2.26. The zero-order chi connectivity index (χ0) is 18.8. The maximum Gasteiger partial charge on any atom is 0.335 e. The van der Waals surface area contributed by atoms with E-state index >= 15 is 0 Å². The van der Waals surface area contributed by atoms with Crippen LogP contribution in [0.5, 0.6) is 0 Å². The number of piperazine rings is 1. The second-order valence-electron chi connectivity index (χ2n) is 6.42. The first-order valence-electron chi connectivity index (χ1n) is 8.31. The number of amides is 3. The second kappa shape index (κ2) is 7.22. The van der Waals surface area contributed by atoms with Crippen LogP contribution in [-0.2, 0) is 14.4 Å². The number of carbonyl (C=O) groups is 4. The summed E-state index contributed by atoms with van der Waals surface area (Å²) in [5, 5.41) is 8.95. The van der Waals surface area contributed by atoms with Crippen LogP contribution < -0.4 is 10.6 Å². The van der Waals surface area contributed by atoms with E-state index in [0.717, 1.165) is 4.90 Å². The van der Waals surface area contributed by atoms with Crippen molar-refractivity contribution in [3.8, 4) is 0 Å². The Morgan fingerprint density at radius 1 is 1.08 bits per heavy atom. The average molecular weight is 360 g/mol. The maximum absolute atomic E-state index is 12.8. The van der Waals surface area contributed by atoms with Crippen LogP contribution in [0.25, 0.3) is 0 Å². The number of anilines is 1. The number of rotatable bonds is 5. The van der Waals surface area contributed by atoms with Crippen molar-refractivity contribution < 1.29 is 24.3 Å². The molecule has 3 rings (SSSR count). The van der Waals surface area contributed by atoms with Crippen molar-refractivity contribution in [3.63, 3.8) is 0 Å². The molecule has 0 aromatic heterocycles. The Balaban J connectivity index is 1.67. The van der Waals surface area contributed by atoms with E-state index < -0.39 is 12.0 Å². The number of carbonyl (C=O) groups excluding carboxylic acids is 3. The van der Waals surface area contributed by atoms with Crippen molar-refractivity contribution in [1.82, 2.24) is 9.80 Å². The van der Waals surface area contributed by atoms with E-state index in [1.165, 1.54) is 24.3 Å². The zero-order valence-electron chi connectivity index (χ0n) is 14.1. The first-order chi connectivity index (χ1) is 12.4. The molecular weight excluding hydrogens is 340 g/mol. The van der Waals surface area contributed by atoms with Crippen LogP contribution in [0.15, 0.2) is 24.3 Å². The van der Waals surface area contributed by atoms with Gasteiger partial charge in [0, 0.05) is 26.2 Å². The number of aromatic carboxylic acids is 1. The summed E-state index contributed by atoms with van der Waals surface area (Å²) in [6.07, 6.45) is 0.0926. The van der Waals surface area contributed by atoms with Gasteiger partial charge in [-0.05, 0) is 24.3 Å². The van der Waals surface area contributed by atoms with Crippen LogP contribution in [0.4, 0.5) is 5.69 Å². The molecule has 2 saturated heterocycles. The SMILES string of the molecule is NC(=O)CN1CCN([C@@H]2CC(=O)N(c3ccc(C(=O)O)cc3)C2=O)CC1. The molecule has 2 aliphatic heterocycles. The van der Waals surface area contributed by atoms with Crippen LogP contribution in [0.1, 0.15) is 16.8 Å². The summed E-state index contributed by atoms with van der Waals surface area (Å²) in [5.74, 6) is -2.06. The van der Waals surface area contributed by atoms with Gasteiger partial charge in [0.2, 0.25) is 11.8 Å². The maximum atomic E-state index is 12.8. The third-order valence-corrected chi connectivity index (χ3v) is 4.72. The first-order valence-corrected chi connectivity index (χ1v) is 8.31. The van der Waals surface area contributed by atoms with Gasteiger partial charge in [0.1, 0.15) is 0 Å². The zero-order valence-corrected chi connectivity index (χ0v) is 14.1. The van der Waals surface area contributed by atoms with E-state index in [1.807, 2.05) is 9.80 Å². The van der Waals surface area contributed by atoms with Gasteiger partial charge >= 0.3 is 5.97 Å². The normalized spacial score (nSPS) is 22.0. The summed E-state index contributed by atoms with van der Waals surface area (Å²) >= 11 is 0. The molecule has 1 aromatic rings. The number of benzene rings is 1. The van der Waals surface area contributed by atoms with Crippen LogP contribution in [-0.4, -0.2) is 77.4 Å². The highest BCUT2D eigenvalue weighted by molar-refractivity contribution is 6.22. The molecular formula is C17H20N4O5. The molecule has 0 bridgehead atoms. The monoisotopic (exact) mass is 360 g/mol. The molecule has 1 atom stereocenters. The van der Waals surface area contributed by atoms with E-state index in [-0.39, 0.29) is 36.3 Å². The van der Waals surface area contributed by atoms with Crippen molar-refractivity contribution in [3.05, 3.63) is 29.8 Å². The van der Waals surface area contributed by atoms with Crippen molar-refractivity contribution in [2.75, 3.05) is 37.6 Å². The fourth-order valence-corrected chi connectivity index (χ4v) is 3.38. The Morgan fingerprint density at radius 3 is 2.23 bits per heavy atom. The molecule has 26 heavy (non-hydrogen) atoms. The van der Waals surface area contributed by atoms with Crippen molar-refractivity contribution in [2.45, 2.75) is 12.5 Å². The quantitative estimate of drug-likeness (QED) is 0.653. The minimum Gasteiger partial charge on any atom is -0.478 e. The van der Waals surface area contributed by atoms with Crippen LogP contribution in [0, 0.1) is 0 Å². The summed E-state index contributed by atoms with van der Waals surface area (Å²) < 4.78 is 0. The average Bonchev–Trinajstić information content (AvgIpc) is 2.89. The Hall–Kier alpha value is -2.78. The third kappa shape index (κ3) is 3.58. The van der Waals surface area contributed by atoms with Gasteiger partial charge in [-0.2, -0.15) is 0 Å². The van der Waals surface area contributed by atoms with Gasteiger partial charge in [0.25, 0.3) is 5.91 Å². The smallest absolute Gasteiger partial charge is 0.335 e. The number of hydrogen-bond donors (Lipinski definition) is 2. The third-order valence-electron chi connectivity index (χ3n) is 4.72. The van der Waals surface area contributed by atoms with Crippen molar-refractivity contribution in [1.29, 1.82) is 0 Å². The fraction of sp³-hybridized carbons (Fsp3) is 0.412. The van der Waals surface area contributed by atoms with Gasteiger partial charge in [0.15, 0.2) is 0 Å². The van der Waals surface area contributed by atoms with Gasteiger partial charge in [-0.15, -0.1) is 0 Å². The lowest BCUT2D eigenvalue weighted by molar-refractivity contribution is -0.124. The molecule has 0 saturated carbocycles. The molecule has 2 fully saturated rings. The van der Waals surface area contributed by atoms with Gasteiger partial charge in [-0.25, -0.2) is 9.69 Å². The van der Waals surface area contributed by atoms with E-state index in [4.69, 9.17) is 10.8 Å². The van der Waals surface area contributed by atoms with E-state index in [0.29, 0.717) is 31.9 Å². The number of carboxylic acids is 1.